The fourth-order valence-electron chi connectivity index (χ4n) is 5.40. The molecule has 9 heteroatoms. The number of imidazole rings is 1. The summed E-state index contributed by atoms with van der Waals surface area (Å²) < 4.78 is 3.45. The number of piperidine rings is 2. The Labute approximate surface area is 208 Å². The van der Waals surface area contributed by atoms with Crippen LogP contribution in [0, 0.1) is 5.92 Å². The van der Waals surface area contributed by atoms with Crippen LogP contribution in [-0.4, -0.2) is 56.0 Å². The molecule has 3 aromatic rings. The van der Waals surface area contributed by atoms with E-state index in [1.807, 2.05) is 34.0 Å². The predicted molar refractivity (Wildman–Crippen MR) is 134 cm³/mol. The van der Waals surface area contributed by atoms with E-state index < -0.39 is 0 Å². The Morgan fingerprint density at radius 2 is 1.59 bits per heavy atom. The smallest absolute Gasteiger partial charge is 0.329 e. The highest BCUT2D eigenvalue weighted by Gasteiger charge is 2.32. The molecule has 2 aromatic heterocycles. The Balaban J connectivity index is 1.20. The number of amides is 1. The second kappa shape index (κ2) is 9.72. The molecule has 2 aliphatic rings. The molecule has 0 spiro atoms. The summed E-state index contributed by atoms with van der Waals surface area (Å²) >= 11 is 12.4. The number of rotatable bonds is 4. The van der Waals surface area contributed by atoms with Crippen molar-refractivity contribution in [2.75, 3.05) is 26.2 Å². The van der Waals surface area contributed by atoms with E-state index in [0.717, 1.165) is 56.4 Å². The van der Waals surface area contributed by atoms with Crippen molar-refractivity contribution in [3.05, 3.63) is 62.8 Å². The highest BCUT2D eigenvalue weighted by molar-refractivity contribution is 6.42. The van der Waals surface area contributed by atoms with E-state index in [-0.39, 0.29) is 23.6 Å². The van der Waals surface area contributed by atoms with Crippen LogP contribution in [0.2, 0.25) is 10.0 Å². The first kappa shape index (κ1) is 23.4. The fourth-order valence-corrected chi connectivity index (χ4v) is 5.71. The first-order chi connectivity index (χ1) is 16.4. The molecule has 180 valence electrons. The maximum absolute atomic E-state index is 13.2. The van der Waals surface area contributed by atoms with Crippen molar-refractivity contribution >= 4 is 40.1 Å². The van der Waals surface area contributed by atoms with Crippen molar-refractivity contribution < 1.29 is 4.79 Å². The molecule has 1 amide bonds. The number of fused-ring (bicyclic) bond motifs is 1. The minimum absolute atomic E-state index is 0.0414. The number of likely N-dealkylation sites (tertiary alicyclic amines) is 2. The Hall–Kier alpha value is -2.35. The van der Waals surface area contributed by atoms with Crippen LogP contribution in [0.15, 0.2) is 41.5 Å². The first-order valence-electron chi connectivity index (χ1n) is 11.9. The molecule has 0 bridgehead atoms. The third kappa shape index (κ3) is 4.49. The molecule has 0 aliphatic carbocycles. The van der Waals surface area contributed by atoms with E-state index in [1.54, 1.807) is 23.7 Å². The normalized spacial score (nSPS) is 18.6. The molecule has 7 nitrogen and oxygen atoms in total. The quantitative estimate of drug-likeness (QED) is 0.539. The number of hydrogen-bond donors (Lipinski definition) is 0. The minimum atomic E-state index is -0.0697. The van der Waals surface area contributed by atoms with Crippen LogP contribution in [0.4, 0.5) is 0 Å². The lowest BCUT2D eigenvalue weighted by atomic mass is 9.93. The van der Waals surface area contributed by atoms with Crippen LogP contribution in [0.25, 0.3) is 11.0 Å². The van der Waals surface area contributed by atoms with Gasteiger partial charge in [0.15, 0.2) is 0 Å². The summed E-state index contributed by atoms with van der Waals surface area (Å²) in [5.74, 6) is 0.355. The van der Waals surface area contributed by atoms with Gasteiger partial charge in [-0.15, -0.1) is 0 Å². The van der Waals surface area contributed by atoms with E-state index >= 15 is 0 Å². The highest BCUT2D eigenvalue weighted by Crippen LogP contribution is 2.32. The van der Waals surface area contributed by atoms with Crippen LogP contribution in [0.5, 0.6) is 0 Å². The van der Waals surface area contributed by atoms with Gasteiger partial charge in [-0.2, -0.15) is 0 Å². The predicted octanol–water partition coefficient (Wildman–Crippen LogP) is 4.12. The average Bonchev–Trinajstić information content (AvgIpc) is 3.09. The van der Waals surface area contributed by atoms with E-state index in [2.05, 4.69) is 9.88 Å². The second-order valence-electron chi connectivity index (χ2n) is 9.43. The monoisotopic (exact) mass is 501 g/mol. The van der Waals surface area contributed by atoms with Gasteiger partial charge in [-0.25, -0.2) is 4.79 Å². The summed E-state index contributed by atoms with van der Waals surface area (Å²) in [4.78, 5) is 34.7. The maximum atomic E-state index is 13.2. The third-order valence-electron chi connectivity index (χ3n) is 7.37. The molecular weight excluding hydrogens is 473 g/mol. The number of aromatic nitrogens is 3. The van der Waals surface area contributed by atoms with Crippen molar-refractivity contribution in [2.24, 2.45) is 13.0 Å². The van der Waals surface area contributed by atoms with Gasteiger partial charge < -0.3 is 4.90 Å². The third-order valence-corrected chi connectivity index (χ3v) is 8.09. The van der Waals surface area contributed by atoms with Gasteiger partial charge in [-0.05, 0) is 68.6 Å². The summed E-state index contributed by atoms with van der Waals surface area (Å²) in [5, 5.41) is 0.880. The summed E-state index contributed by atoms with van der Waals surface area (Å²) in [5.41, 5.74) is 2.76. The van der Waals surface area contributed by atoms with Gasteiger partial charge in [0.05, 0.1) is 21.1 Å². The number of aryl methyl sites for hydroxylation is 1. The van der Waals surface area contributed by atoms with E-state index in [1.165, 1.54) is 5.56 Å². The summed E-state index contributed by atoms with van der Waals surface area (Å²) in [6, 6.07) is 7.66. The zero-order chi connectivity index (χ0) is 23.8. The summed E-state index contributed by atoms with van der Waals surface area (Å²) in [6.45, 7) is 4.12. The van der Waals surface area contributed by atoms with Crippen molar-refractivity contribution in [1.29, 1.82) is 0 Å². The second-order valence-corrected chi connectivity index (χ2v) is 10.2. The summed E-state index contributed by atoms with van der Waals surface area (Å²) in [6.07, 6.45) is 6.95. The lowest BCUT2D eigenvalue weighted by Crippen LogP contribution is -2.46. The van der Waals surface area contributed by atoms with E-state index in [0.29, 0.717) is 23.1 Å². The topological polar surface area (TPSA) is 63.4 Å². The van der Waals surface area contributed by atoms with Gasteiger partial charge >= 0.3 is 5.69 Å². The molecule has 5 rings (SSSR count). The molecule has 0 atom stereocenters. The molecule has 4 heterocycles. The van der Waals surface area contributed by atoms with Gasteiger partial charge in [0.2, 0.25) is 5.91 Å². The largest absolute Gasteiger partial charge is 0.342 e. The molecule has 0 saturated carbocycles. The molecular formula is C25H29Cl2N5O2. The number of halogens is 2. The molecule has 2 aliphatic heterocycles. The molecule has 0 N–H and O–H groups in total. The minimum Gasteiger partial charge on any atom is -0.342 e. The van der Waals surface area contributed by atoms with Gasteiger partial charge in [-0.3, -0.25) is 23.8 Å². The Bertz CT molecular complexity index is 1240. The van der Waals surface area contributed by atoms with Crippen LogP contribution >= 0.6 is 23.2 Å². The van der Waals surface area contributed by atoms with Crippen molar-refractivity contribution in [1.82, 2.24) is 23.9 Å². The summed E-state index contributed by atoms with van der Waals surface area (Å²) in [7, 11) is 1.76. The van der Waals surface area contributed by atoms with Crippen molar-refractivity contribution in [3.63, 3.8) is 0 Å². The molecule has 0 unspecified atom stereocenters. The highest BCUT2D eigenvalue weighted by atomic mass is 35.5. The average molecular weight is 502 g/mol. The van der Waals surface area contributed by atoms with Crippen molar-refractivity contribution in [2.45, 2.75) is 38.3 Å². The van der Waals surface area contributed by atoms with Crippen LogP contribution in [0.3, 0.4) is 0 Å². The van der Waals surface area contributed by atoms with Crippen LogP contribution in [0.1, 0.15) is 37.3 Å². The van der Waals surface area contributed by atoms with Gasteiger partial charge in [0, 0.05) is 51.0 Å². The number of benzene rings is 1. The standard InChI is InChI=1S/C25H29Cl2N5O2/c1-29-22-14-20(26)21(27)15-23(22)32(25(29)34)19-6-12-31(13-7-19)24(33)18-4-10-30(11-5-18)16-17-2-8-28-9-3-17/h2-3,8-9,14-15,18-19H,4-7,10-13,16H2,1H3. The van der Waals surface area contributed by atoms with Gasteiger partial charge in [0.25, 0.3) is 0 Å². The first-order valence-corrected chi connectivity index (χ1v) is 12.6. The number of carbonyl (C=O) groups excluding carboxylic acids is 1. The van der Waals surface area contributed by atoms with Gasteiger partial charge in [-0.1, -0.05) is 23.2 Å². The SMILES string of the molecule is Cn1c(=O)n(C2CCN(C(=O)C3CCN(Cc4ccncc4)CC3)CC2)c2cc(Cl)c(Cl)cc21. The van der Waals surface area contributed by atoms with Crippen LogP contribution in [-0.2, 0) is 18.4 Å². The Morgan fingerprint density at radius 3 is 2.24 bits per heavy atom. The lowest BCUT2D eigenvalue weighted by molar-refractivity contribution is -0.138. The molecule has 34 heavy (non-hydrogen) atoms. The van der Waals surface area contributed by atoms with Crippen LogP contribution < -0.4 is 5.69 Å². The molecule has 2 fully saturated rings. The maximum Gasteiger partial charge on any atom is 0.329 e. The van der Waals surface area contributed by atoms with Gasteiger partial charge in [0.1, 0.15) is 0 Å². The number of nitrogens with zero attached hydrogens (tertiary/aromatic N) is 5. The fraction of sp³-hybridized carbons (Fsp3) is 0.480. The Kier molecular flexibility index (Phi) is 6.69. The molecule has 0 radical (unpaired) electrons. The Morgan fingerprint density at radius 1 is 0.971 bits per heavy atom. The number of carbonyl (C=O) groups is 1. The number of hydrogen-bond acceptors (Lipinski definition) is 4. The lowest BCUT2D eigenvalue weighted by Gasteiger charge is -2.37. The van der Waals surface area contributed by atoms with E-state index in [4.69, 9.17) is 23.2 Å². The van der Waals surface area contributed by atoms with E-state index in [9.17, 15) is 9.59 Å². The molecule has 2 saturated heterocycles. The number of pyridine rings is 1. The zero-order valence-corrected chi connectivity index (χ0v) is 20.8. The van der Waals surface area contributed by atoms with Crippen molar-refractivity contribution in [3.8, 4) is 0 Å². The zero-order valence-electron chi connectivity index (χ0n) is 19.3. The molecule has 1 aromatic carbocycles.